The maximum atomic E-state index is 16.1. The number of halogens is 15. The topological polar surface area (TPSA) is 196 Å². The predicted octanol–water partition coefficient (Wildman–Crippen LogP) is 12.7. The lowest BCUT2D eigenvalue weighted by Crippen LogP contribution is -2.59. The summed E-state index contributed by atoms with van der Waals surface area (Å²) in [6.45, 7) is 22.4. The van der Waals surface area contributed by atoms with Gasteiger partial charge >= 0.3 is 29.9 Å². The number of amides is 3. The molecule has 718 valence electrons. The third-order valence-corrected chi connectivity index (χ3v) is 31.3. The van der Waals surface area contributed by atoms with Crippen molar-refractivity contribution >= 4 is 98.0 Å². The van der Waals surface area contributed by atoms with Crippen molar-refractivity contribution in [2.75, 3.05) is 196 Å². The third kappa shape index (κ3) is 18.1. The monoisotopic (exact) mass is 1940 g/mol. The molecule has 2 aromatic heterocycles. The molecule has 12 heterocycles. The average molecular weight is 1940 g/mol. The van der Waals surface area contributed by atoms with Crippen molar-refractivity contribution in [3.8, 4) is 33.4 Å². The highest BCUT2D eigenvalue weighted by Gasteiger charge is 2.50. The Morgan fingerprint density at radius 3 is 1.42 bits per heavy atom. The van der Waals surface area contributed by atoms with Crippen molar-refractivity contribution in [1.82, 2.24) is 68.1 Å². The Hall–Kier alpha value is -10.3. The van der Waals surface area contributed by atoms with Gasteiger partial charge in [0.25, 0.3) is 5.91 Å². The van der Waals surface area contributed by atoms with Crippen LogP contribution in [0.2, 0.25) is 0 Å². The minimum absolute atomic E-state index is 0.0142. The van der Waals surface area contributed by atoms with E-state index < -0.39 is 169 Å². The van der Waals surface area contributed by atoms with Gasteiger partial charge in [-0.25, -0.2) is 40.9 Å². The van der Waals surface area contributed by atoms with Crippen LogP contribution in [0, 0.1) is 34.9 Å². The zero-order valence-corrected chi connectivity index (χ0v) is 76.7. The molecule has 0 spiro atoms. The van der Waals surface area contributed by atoms with E-state index in [1.807, 2.05) is 11.9 Å². The molecule has 8 aromatic rings. The number of aliphatic imine (C=N–C) groups is 1. The highest BCUT2D eigenvalue weighted by atomic mass is 32.2. The minimum atomic E-state index is -5.12. The third-order valence-electron chi connectivity index (χ3n) is 27.6. The number of likely N-dealkylation sites (N-methyl/N-ethyl adjacent to an activating group) is 1. The van der Waals surface area contributed by atoms with E-state index in [0.29, 0.717) is 83.6 Å². The second-order valence-corrected chi connectivity index (χ2v) is 39.3. The van der Waals surface area contributed by atoms with Crippen LogP contribution in [-0.4, -0.2) is 315 Å². The number of thioether (sulfide) groups is 3. The quantitative estimate of drug-likeness (QED) is 0.0667. The number of hydrogen-bond acceptors (Lipinski definition) is 22. The van der Waals surface area contributed by atoms with Crippen molar-refractivity contribution in [1.29, 1.82) is 0 Å². The lowest BCUT2D eigenvalue weighted by atomic mass is 9.92. The Bertz CT molecular complexity index is 6260. The number of aliphatic hydroxyl groups excluding tert-OH is 1. The number of aromatic nitrogens is 4. The van der Waals surface area contributed by atoms with Crippen LogP contribution in [0.5, 0.6) is 0 Å². The van der Waals surface area contributed by atoms with Gasteiger partial charge in [0.2, 0.25) is 18.2 Å². The number of anilines is 3. The van der Waals surface area contributed by atoms with Gasteiger partial charge in [0.05, 0.1) is 57.2 Å². The van der Waals surface area contributed by atoms with Crippen molar-refractivity contribution < 1.29 is 85.3 Å². The Morgan fingerprint density at radius 2 is 0.926 bits per heavy atom. The number of hydrogen-bond donors (Lipinski definition) is 1. The van der Waals surface area contributed by atoms with Crippen LogP contribution < -0.4 is 26.1 Å². The molecule has 10 aliphatic rings. The summed E-state index contributed by atoms with van der Waals surface area (Å²) in [6.07, 6.45) is -12.6. The molecule has 135 heavy (non-hydrogen) atoms. The zero-order valence-electron chi connectivity index (χ0n) is 74.2. The van der Waals surface area contributed by atoms with E-state index in [1.165, 1.54) is 21.3 Å². The summed E-state index contributed by atoms with van der Waals surface area (Å²) in [5.74, 6) is -7.67. The number of alkyl halides is 9. The van der Waals surface area contributed by atoms with Gasteiger partial charge in [-0.05, 0) is 95.4 Å². The number of piperazine rings is 6. The number of aliphatic hydroxyl groups is 1. The molecular weight excluding hydrogens is 1850 g/mol. The molecule has 6 fully saturated rings. The number of nitrogens with zero attached hydrogens (tertiary/aromatic N) is 18. The molecule has 8 atom stereocenters. The number of amidine groups is 1. The lowest BCUT2D eigenvalue weighted by molar-refractivity contribution is -0.138. The normalized spacial score (nSPS) is 23.2. The summed E-state index contributed by atoms with van der Waals surface area (Å²) in [5, 5.41) is 12.4. The van der Waals surface area contributed by atoms with E-state index in [2.05, 4.69) is 42.7 Å². The molecule has 42 heteroatoms. The highest BCUT2D eigenvalue weighted by Crippen LogP contribution is 2.57. The Kier molecular flexibility index (Phi) is 26.2. The predicted molar refractivity (Wildman–Crippen MR) is 486 cm³/mol. The molecular formula is C93H97F15N18O6S3. The van der Waals surface area contributed by atoms with E-state index in [-0.39, 0.29) is 179 Å². The smallest absolute Gasteiger partial charge is 0.365 e. The maximum absolute atomic E-state index is 16.1. The first-order chi connectivity index (χ1) is 64.2. The van der Waals surface area contributed by atoms with Crippen LogP contribution in [0.4, 0.5) is 83.2 Å². The molecule has 4 unspecified atom stereocenters. The first kappa shape index (κ1) is 95.0. The molecule has 6 aromatic carbocycles. The van der Waals surface area contributed by atoms with Crippen LogP contribution in [0.25, 0.3) is 55.2 Å². The van der Waals surface area contributed by atoms with Crippen molar-refractivity contribution in [3.05, 3.63) is 188 Å². The van der Waals surface area contributed by atoms with Gasteiger partial charge in [0.15, 0.2) is 0 Å². The second-order valence-electron chi connectivity index (χ2n) is 36.2. The Morgan fingerprint density at radius 1 is 0.489 bits per heavy atom. The molecule has 0 aliphatic carbocycles. The Labute approximate surface area is 779 Å². The van der Waals surface area contributed by atoms with E-state index in [0.717, 1.165) is 103 Å². The summed E-state index contributed by atoms with van der Waals surface area (Å²) < 4.78 is 235. The van der Waals surface area contributed by atoms with Crippen LogP contribution >= 0.6 is 35.3 Å². The number of carbonyl (C=O) groups excluding carboxylic acids is 3. The summed E-state index contributed by atoms with van der Waals surface area (Å²) in [6, 6.07) is 5.63. The zero-order chi connectivity index (χ0) is 95.8. The summed E-state index contributed by atoms with van der Waals surface area (Å²) in [5.41, 5.74) is -7.79. The minimum Gasteiger partial charge on any atom is -0.365 e. The van der Waals surface area contributed by atoms with E-state index in [4.69, 9.17) is 4.99 Å². The standard InChI is InChI=1S/C93H97F15N18O6S3/c1-8-73(127)123-52(4)40-120(41-53(123)5)85-65-38-68(92(103,104)105)76(62-15-12-56(95)35-71(62)98)82-79(65)125(89(131)110-85)60(49-134-82)46-116-26-28-117(29-27-116)54(6)87(129)119-32-30-118(31-33-119)84-64-37-67(91(100,101)102)75(61-14-11-55(94)34-70(61)97)81-78(64)124(88(130)109-84)59(48-133-81)45-115-24-22-113(23-25-115)17-9-10-74(128)121-42-51(3)122(43-50(121)2)86-66-39-69(93(106,107)108)77(63-16-13-57(96)36-72(63)99)83-80(66)126(90(132)111-86)58(47-135-83)44-114-20-18-112(7)19-21-114/h8-16,34-39,50-53,58-60,88,130H,1,6,17-33,40-49H2,2-5,7H3/b10-9+/t50-,51+,52-,53+,58?,59?,60?,88?/m1/s1. The molecule has 10 aliphatic heterocycles. The van der Waals surface area contributed by atoms with Crippen molar-refractivity contribution in [2.45, 2.75) is 110 Å². The fraction of sp³-hybridized carbons (Fsp3) is 0.462. The molecule has 3 amide bonds. The fourth-order valence-corrected chi connectivity index (χ4v) is 24.9. The van der Waals surface area contributed by atoms with Crippen molar-refractivity contribution in [2.24, 2.45) is 4.99 Å². The molecule has 0 bridgehead atoms. The number of rotatable bonds is 17. The van der Waals surface area contributed by atoms with Crippen LogP contribution in [0.15, 0.2) is 139 Å². The first-order valence-electron chi connectivity index (χ1n) is 44.7. The highest BCUT2D eigenvalue weighted by molar-refractivity contribution is 8.00. The van der Waals surface area contributed by atoms with Crippen LogP contribution in [0.1, 0.15) is 62.0 Å². The second kappa shape index (κ2) is 37.2. The molecule has 0 saturated carbocycles. The van der Waals surface area contributed by atoms with Gasteiger partial charge in [-0.3, -0.25) is 43.1 Å². The molecule has 0 radical (unpaired) electrons. The van der Waals surface area contributed by atoms with Gasteiger partial charge in [0, 0.05) is 287 Å². The first-order valence-corrected chi connectivity index (χ1v) is 47.6. The number of carbonyl (C=O) groups is 3. The van der Waals surface area contributed by atoms with Gasteiger partial charge in [-0.2, -0.15) is 49.5 Å². The summed E-state index contributed by atoms with van der Waals surface area (Å²) >= 11 is 3.13. The summed E-state index contributed by atoms with van der Waals surface area (Å²) in [7, 11) is 2.00. The molecule has 6 saturated heterocycles. The van der Waals surface area contributed by atoms with E-state index in [9.17, 15) is 42.3 Å². The molecule has 18 rings (SSSR count). The molecule has 1 N–H and O–H groups in total. The van der Waals surface area contributed by atoms with Crippen molar-refractivity contribution in [3.63, 3.8) is 0 Å². The van der Waals surface area contributed by atoms with Gasteiger partial charge in [0.1, 0.15) is 52.4 Å². The van der Waals surface area contributed by atoms with Gasteiger partial charge in [-0.1, -0.05) is 19.2 Å². The van der Waals surface area contributed by atoms with E-state index >= 15 is 52.7 Å². The number of benzene rings is 6. The molecule has 24 nitrogen and oxygen atoms in total. The maximum Gasteiger partial charge on any atom is 0.417 e. The average Bonchev–Trinajstić information content (AvgIpc) is 0.719. The summed E-state index contributed by atoms with van der Waals surface area (Å²) in [4.78, 5) is 109. The van der Waals surface area contributed by atoms with Gasteiger partial charge < -0.3 is 49.2 Å². The van der Waals surface area contributed by atoms with Crippen LogP contribution in [-0.2, 0) is 32.9 Å². The lowest BCUT2D eigenvalue weighted by Gasteiger charge is -2.48. The Balaban J connectivity index is 0.531. The largest absolute Gasteiger partial charge is 0.417 e. The van der Waals surface area contributed by atoms with Gasteiger partial charge in [-0.15, -0.1) is 35.3 Å². The SMILES string of the molecule is C=CC(=O)N1[C@H](C)CN(c2nc(=O)n3c4c(c(-c5ccc(F)cc5F)c(C(F)(F)F)cc24)SCC3CN2CCN(C(=C)C(=O)N3CCN(C4=NC(O)N5c6c4cc(C(F)(F)F)c(-c4ccc(F)cc4F)c6SCC5CN4CCN(C/C=C/C(=O)N5C[C@H](C)N(c6nc(=O)n7c8c(c(-c9ccc(F)cc9F)c(C(F)(F)F)cc68)SCC7CN6CCN(C)CC6)C[C@H]5C)CC4)CC3)CC2)C[C@@H]1C. The van der Waals surface area contributed by atoms with Crippen LogP contribution in [0.3, 0.4) is 0 Å². The van der Waals surface area contributed by atoms with E-state index in [1.54, 1.807) is 73.0 Å². The fourth-order valence-electron chi connectivity index (χ4n) is 20.9.